The van der Waals surface area contributed by atoms with Gasteiger partial charge < -0.3 is 17.7 Å². The lowest BCUT2D eigenvalue weighted by Gasteiger charge is -2.13. The van der Waals surface area contributed by atoms with E-state index in [1.54, 1.807) is 0 Å². The van der Waals surface area contributed by atoms with Crippen LogP contribution in [0.25, 0.3) is 21.8 Å². The number of fused-ring (bicyclic) bond motifs is 2. The molecule has 1 N–H and O–H groups in total. The second-order valence-corrected chi connectivity index (χ2v) is 5.51. The van der Waals surface area contributed by atoms with Crippen molar-refractivity contribution in [3.63, 3.8) is 0 Å². The largest absolute Gasteiger partial charge is 1.00 e. The first-order valence-corrected chi connectivity index (χ1v) is 7.42. The van der Waals surface area contributed by atoms with Gasteiger partial charge in [0, 0.05) is 16.5 Å². The molecule has 0 aliphatic heterocycles. The Balaban J connectivity index is 0.00000104. The summed E-state index contributed by atoms with van der Waals surface area (Å²) in [4.78, 5) is 4.75. The fraction of sp³-hybridized carbons (Fsp3) is 0.0500. The molecule has 1 aromatic heterocycles. The molecule has 0 saturated heterocycles. The summed E-state index contributed by atoms with van der Waals surface area (Å²) in [5.41, 5.74) is 5.48. The number of benzene rings is 3. The molecule has 1 heterocycles. The van der Waals surface area contributed by atoms with E-state index in [0.29, 0.717) is 0 Å². The molecule has 0 aliphatic carbocycles. The van der Waals surface area contributed by atoms with E-state index in [0.717, 1.165) is 33.2 Å². The molecule has 0 unspecified atom stereocenters. The molecular formula is C20H17ClN2. The van der Waals surface area contributed by atoms with Crippen molar-refractivity contribution in [2.75, 3.05) is 5.32 Å². The quantitative estimate of drug-likeness (QED) is 0.574. The third kappa shape index (κ3) is 2.86. The van der Waals surface area contributed by atoms with Crippen LogP contribution in [0, 0.1) is 6.92 Å². The maximum absolute atomic E-state index is 4.75. The summed E-state index contributed by atoms with van der Waals surface area (Å²) in [6.45, 7) is 2.10. The molecule has 0 spiro atoms. The van der Waals surface area contributed by atoms with Gasteiger partial charge in [-0.2, -0.15) is 0 Å². The van der Waals surface area contributed by atoms with Crippen LogP contribution in [0.4, 0.5) is 11.4 Å². The Morgan fingerprint density at radius 3 is 1.83 bits per heavy atom. The van der Waals surface area contributed by atoms with Crippen molar-refractivity contribution in [2.24, 2.45) is 0 Å². The molecule has 3 heteroatoms. The summed E-state index contributed by atoms with van der Waals surface area (Å²) in [6, 6.07) is 25.0. The molecule has 23 heavy (non-hydrogen) atoms. The Bertz CT molecular complexity index is 914. The molecule has 0 radical (unpaired) electrons. The van der Waals surface area contributed by atoms with Gasteiger partial charge in [0.25, 0.3) is 0 Å². The van der Waals surface area contributed by atoms with E-state index in [1.165, 1.54) is 5.56 Å². The van der Waals surface area contributed by atoms with Crippen molar-refractivity contribution in [3.8, 4) is 0 Å². The first-order chi connectivity index (χ1) is 10.8. The summed E-state index contributed by atoms with van der Waals surface area (Å²) >= 11 is 0. The van der Waals surface area contributed by atoms with E-state index in [2.05, 4.69) is 72.9 Å². The van der Waals surface area contributed by atoms with Crippen LogP contribution in [0.5, 0.6) is 0 Å². The predicted octanol–water partition coefficient (Wildman–Crippen LogP) is 2.56. The second kappa shape index (κ2) is 6.27. The fourth-order valence-electron chi connectivity index (χ4n) is 2.76. The number of nitrogens with zero attached hydrogens (tertiary/aromatic N) is 1. The molecule has 0 atom stereocenters. The number of para-hydroxylation sites is 2. The number of aryl methyl sites for hydroxylation is 1. The van der Waals surface area contributed by atoms with Crippen molar-refractivity contribution in [1.82, 2.24) is 4.98 Å². The van der Waals surface area contributed by atoms with Crippen LogP contribution in [-0.2, 0) is 0 Å². The van der Waals surface area contributed by atoms with Crippen molar-refractivity contribution >= 4 is 33.2 Å². The zero-order valence-corrected chi connectivity index (χ0v) is 13.5. The Labute approximate surface area is 143 Å². The van der Waals surface area contributed by atoms with Crippen LogP contribution in [-0.4, -0.2) is 4.98 Å². The Hall–Kier alpha value is -2.58. The van der Waals surface area contributed by atoms with Crippen molar-refractivity contribution in [3.05, 3.63) is 78.4 Å². The van der Waals surface area contributed by atoms with Crippen molar-refractivity contribution in [1.29, 1.82) is 0 Å². The van der Waals surface area contributed by atoms with E-state index in [-0.39, 0.29) is 13.8 Å². The van der Waals surface area contributed by atoms with Crippen LogP contribution < -0.4 is 17.7 Å². The van der Waals surface area contributed by atoms with E-state index < -0.39 is 0 Å². The SMILES string of the molecule is Cc1ccc(Nc2c3ccccc3nc3ccccc23)cc1.[Cl-].[H+]. The molecule has 4 aromatic rings. The number of halogens is 1. The Kier molecular flexibility index (Phi) is 4.18. The third-order valence-corrected chi connectivity index (χ3v) is 3.91. The van der Waals surface area contributed by atoms with Gasteiger partial charge in [-0.25, -0.2) is 4.98 Å². The maximum Gasteiger partial charge on any atom is 1.00 e. The molecule has 0 aliphatic rings. The van der Waals surface area contributed by atoms with Gasteiger partial charge in [-0.1, -0.05) is 54.1 Å². The van der Waals surface area contributed by atoms with Gasteiger partial charge in [0.2, 0.25) is 0 Å². The van der Waals surface area contributed by atoms with Crippen LogP contribution in [0.2, 0.25) is 0 Å². The van der Waals surface area contributed by atoms with E-state index in [1.807, 2.05) is 12.1 Å². The van der Waals surface area contributed by atoms with Gasteiger partial charge in [0.15, 0.2) is 0 Å². The first kappa shape index (κ1) is 15.3. The minimum atomic E-state index is 0. The lowest BCUT2D eigenvalue weighted by Crippen LogP contribution is -3.00. The lowest BCUT2D eigenvalue weighted by molar-refractivity contribution is -0.00000434. The van der Waals surface area contributed by atoms with Gasteiger partial charge in [0.05, 0.1) is 16.7 Å². The summed E-state index contributed by atoms with van der Waals surface area (Å²) in [5.74, 6) is 0. The number of pyridine rings is 1. The fourth-order valence-corrected chi connectivity index (χ4v) is 2.76. The molecule has 2 nitrogen and oxygen atoms in total. The summed E-state index contributed by atoms with van der Waals surface area (Å²) in [7, 11) is 0. The average Bonchev–Trinajstić information content (AvgIpc) is 2.56. The van der Waals surface area contributed by atoms with E-state index >= 15 is 0 Å². The highest BCUT2D eigenvalue weighted by Gasteiger charge is 2.08. The molecule has 4 rings (SSSR count). The van der Waals surface area contributed by atoms with Gasteiger partial charge in [-0.3, -0.25) is 0 Å². The zero-order chi connectivity index (χ0) is 14.9. The van der Waals surface area contributed by atoms with E-state index in [9.17, 15) is 0 Å². The number of hydrogen-bond acceptors (Lipinski definition) is 2. The minimum Gasteiger partial charge on any atom is -1.00 e. The normalized spacial score (nSPS) is 10.5. The van der Waals surface area contributed by atoms with Crippen LogP contribution in [0.1, 0.15) is 6.99 Å². The van der Waals surface area contributed by atoms with Crippen molar-refractivity contribution in [2.45, 2.75) is 6.92 Å². The van der Waals surface area contributed by atoms with Crippen molar-refractivity contribution < 1.29 is 13.8 Å². The minimum absolute atomic E-state index is 0. The number of aromatic nitrogens is 1. The molecular weight excluding hydrogens is 304 g/mol. The summed E-state index contributed by atoms with van der Waals surface area (Å²) in [6.07, 6.45) is 0. The number of anilines is 2. The molecule has 3 aromatic carbocycles. The second-order valence-electron chi connectivity index (χ2n) is 5.51. The standard InChI is InChI=1S/C20H16N2.ClH/c1-14-10-12-15(13-11-14)21-20-16-6-2-4-8-18(16)22-19-9-5-3-7-17(19)20;/h2-13H,1H3,(H,21,22);1H. The Morgan fingerprint density at radius 1 is 0.739 bits per heavy atom. The molecule has 0 bridgehead atoms. The topological polar surface area (TPSA) is 24.9 Å². The van der Waals surface area contributed by atoms with Crippen LogP contribution >= 0.6 is 0 Å². The zero-order valence-electron chi connectivity index (χ0n) is 13.8. The summed E-state index contributed by atoms with van der Waals surface area (Å²) < 4.78 is 0. The van der Waals surface area contributed by atoms with Gasteiger partial charge in [0.1, 0.15) is 0 Å². The van der Waals surface area contributed by atoms with Crippen LogP contribution in [0.15, 0.2) is 72.8 Å². The average molecular weight is 321 g/mol. The highest BCUT2D eigenvalue weighted by atomic mass is 35.5. The highest BCUT2D eigenvalue weighted by Crippen LogP contribution is 2.32. The number of nitrogens with one attached hydrogen (secondary N) is 1. The monoisotopic (exact) mass is 320 g/mol. The molecule has 114 valence electrons. The molecule has 0 fully saturated rings. The summed E-state index contributed by atoms with van der Waals surface area (Å²) in [5, 5.41) is 5.86. The predicted molar refractivity (Wildman–Crippen MR) is 94.8 cm³/mol. The lowest BCUT2D eigenvalue weighted by atomic mass is 10.1. The smallest absolute Gasteiger partial charge is 1.00 e. The Morgan fingerprint density at radius 2 is 1.26 bits per heavy atom. The molecule has 0 amide bonds. The van der Waals surface area contributed by atoms with Gasteiger partial charge in [-0.05, 0) is 31.2 Å². The van der Waals surface area contributed by atoms with Gasteiger partial charge >= 0.3 is 1.43 Å². The third-order valence-electron chi connectivity index (χ3n) is 3.91. The van der Waals surface area contributed by atoms with E-state index in [4.69, 9.17) is 4.98 Å². The highest BCUT2D eigenvalue weighted by molar-refractivity contribution is 6.08. The maximum atomic E-state index is 4.75. The van der Waals surface area contributed by atoms with Gasteiger partial charge in [-0.15, -0.1) is 0 Å². The first-order valence-electron chi connectivity index (χ1n) is 7.42. The molecule has 0 saturated carbocycles. The number of rotatable bonds is 2. The number of hydrogen-bond donors (Lipinski definition) is 1. The van der Waals surface area contributed by atoms with Crippen LogP contribution in [0.3, 0.4) is 0 Å².